The van der Waals surface area contributed by atoms with Crippen molar-refractivity contribution in [2.75, 3.05) is 26.2 Å². The van der Waals surface area contributed by atoms with Crippen LogP contribution in [-0.4, -0.2) is 47.8 Å². The lowest BCUT2D eigenvalue weighted by molar-refractivity contribution is -0.141. The number of benzene rings is 2. The first-order valence-electron chi connectivity index (χ1n) is 11.1. The molecule has 0 bridgehead atoms. The van der Waals surface area contributed by atoms with Crippen molar-refractivity contribution in [3.8, 4) is 0 Å². The number of rotatable bonds is 5. The van der Waals surface area contributed by atoms with Gasteiger partial charge in [0, 0.05) is 37.0 Å². The van der Waals surface area contributed by atoms with E-state index < -0.39 is 0 Å². The van der Waals surface area contributed by atoms with E-state index in [9.17, 15) is 9.59 Å². The highest BCUT2D eigenvalue weighted by Crippen LogP contribution is 2.37. The van der Waals surface area contributed by atoms with Gasteiger partial charge in [-0.05, 0) is 49.8 Å². The maximum Gasteiger partial charge on any atom is 0.240 e. The molecule has 1 atom stereocenters. The molecule has 2 heterocycles. The van der Waals surface area contributed by atoms with Crippen LogP contribution >= 0.6 is 11.8 Å². The Balaban J connectivity index is 1.41. The lowest BCUT2D eigenvalue weighted by atomic mass is 9.94. The SMILES string of the molecule is O=C(C1CCN(C(=O)C(Sc2ccccc2)c2ccccc2)CC1)N1CCCCC1. The second-order valence-corrected chi connectivity index (χ2v) is 9.39. The molecule has 158 valence electrons. The van der Waals surface area contributed by atoms with Crippen molar-refractivity contribution in [1.82, 2.24) is 9.80 Å². The molecule has 2 saturated heterocycles. The monoisotopic (exact) mass is 422 g/mol. The van der Waals surface area contributed by atoms with Gasteiger partial charge in [0.1, 0.15) is 5.25 Å². The van der Waals surface area contributed by atoms with E-state index in [-0.39, 0.29) is 17.1 Å². The Labute approximate surface area is 183 Å². The predicted molar refractivity (Wildman–Crippen MR) is 121 cm³/mol. The maximum absolute atomic E-state index is 13.5. The summed E-state index contributed by atoms with van der Waals surface area (Å²) in [4.78, 5) is 31.4. The Bertz CT molecular complexity index is 829. The number of carbonyl (C=O) groups is 2. The summed E-state index contributed by atoms with van der Waals surface area (Å²) in [5.74, 6) is 0.531. The molecule has 2 aromatic rings. The van der Waals surface area contributed by atoms with Gasteiger partial charge in [-0.1, -0.05) is 48.5 Å². The Morgan fingerprint density at radius 1 is 0.767 bits per heavy atom. The first-order chi connectivity index (χ1) is 14.7. The molecular weight excluding hydrogens is 392 g/mol. The zero-order chi connectivity index (χ0) is 20.8. The average Bonchev–Trinajstić information content (AvgIpc) is 2.83. The third kappa shape index (κ3) is 5.07. The number of hydrogen-bond donors (Lipinski definition) is 0. The normalized spacial score (nSPS) is 18.8. The van der Waals surface area contributed by atoms with Crippen LogP contribution in [0.1, 0.15) is 42.9 Å². The van der Waals surface area contributed by atoms with Crippen molar-refractivity contribution < 1.29 is 9.59 Å². The zero-order valence-electron chi connectivity index (χ0n) is 17.4. The number of likely N-dealkylation sites (tertiary alicyclic amines) is 2. The summed E-state index contributed by atoms with van der Waals surface area (Å²) in [7, 11) is 0. The third-order valence-corrected chi connectivity index (χ3v) is 7.40. The minimum absolute atomic E-state index is 0.0732. The summed E-state index contributed by atoms with van der Waals surface area (Å²) in [6.07, 6.45) is 5.03. The van der Waals surface area contributed by atoms with Gasteiger partial charge in [0.15, 0.2) is 0 Å². The summed E-state index contributed by atoms with van der Waals surface area (Å²) in [5.41, 5.74) is 1.03. The van der Waals surface area contributed by atoms with Crippen LogP contribution in [0.25, 0.3) is 0 Å². The van der Waals surface area contributed by atoms with Crippen molar-refractivity contribution in [2.24, 2.45) is 5.92 Å². The Morgan fingerprint density at radius 2 is 1.37 bits per heavy atom. The van der Waals surface area contributed by atoms with Crippen LogP contribution < -0.4 is 0 Å². The molecule has 0 aliphatic carbocycles. The molecular formula is C25H30N2O2S. The van der Waals surface area contributed by atoms with E-state index in [4.69, 9.17) is 0 Å². The van der Waals surface area contributed by atoms with Gasteiger partial charge in [-0.15, -0.1) is 11.8 Å². The largest absolute Gasteiger partial charge is 0.342 e. The summed E-state index contributed by atoms with van der Waals surface area (Å²) >= 11 is 1.61. The average molecular weight is 423 g/mol. The quantitative estimate of drug-likeness (QED) is 0.652. The van der Waals surface area contributed by atoms with Gasteiger partial charge in [0.05, 0.1) is 0 Å². The Hall–Kier alpha value is -2.27. The smallest absolute Gasteiger partial charge is 0.240 e. The van der Waals surface area contributed by atoms with E-state index in [0.717, 1.165) is 49.2 Å². The number of nitrogens with zero attached hydrogens (tertiary/aromatic N) is 2. The minimum Gasteiger partial charge on any atom is -0.342 e. The van der Waals surface area contributed by atoms with Gasteiger partial charge < -0.3 is 9.80 Å². The fourth-order valence-electron chi connectivity index (χ4n) is 4.41. The van der Waals surface area contributed by atoms with E-state index in [2.05, 4.69) is 12.1 Å². The van der Waals surface area contributed by atoms with Crippen LogP contribution in [0.2, 0.25) is 0 Å². The second kappa shape index (κ2) is 10.2. The van der Waals surface area contributed by atoms with Gasteiger partial charge in [-0.25, -0.2) is 0 Å². The first kappa shape index (κ1) is 21.0. The fourth-order valence-corrected chi connectivity index (χ4v) is 5.54. The van der Waals surface area contributed by atoms with E-state index in [0.29, 0.717) is 19.0 Å². The number of hydrogen-bond acceptors (Lipinski definition) is 3. The van der Waals surface area contributed by atoms with E-state index in [1.165, 1.54) is 6.42 Å². The molecule has 4 nitrogen and oxygen atoms in total. The highest BCUT2D eigenvalue weighted by molar-refractivity contribution is 8.00. The van der Waals surface area contributed by atoms with Crippen molar-refractivity contribution in [3.63, 3.8) is 0 Å². The fraction of sp³-hybridized carbons (Fsp3) is 0.440. The van der Waals surface area contributed by atoms with Gasteiger partial charge >= 0.3 is 0 Å². The van der Waals surface area contributed by atoms with E-state index in [1.807, 2.05) is 58.3 Å². The van der Waals surface area contributed by atoms with Gasteiger partial charge in [-0.3, -0.25) is 9.59 Å². The van der Waals surface area contributed by atoms with Crippen LogP contribution in [0.5, 0.6) is 0 Å². The summed E-state index contributed by atoms with van der Waals surface area (Å²) in [5, 5.41) is -0.261. The molecule has 0 N–H and O–H groups in total. The van der Waals surface area contributed by atoms with Gasteiger partial charge in [0.2, 0.25) is 11.8 Å². The van der Waals surface area contributed by atoms with Crippen molar-refractivity contribution in [3.05, 3.63) is 66.2 Å². The number of piperidine rings is 2. The topological polar surface area (TPSA) is 40.6 Å². The van der Waals surface area contributed by atoms with E-state index >= 15 is 0 Å². The van der Waals surface area contributed by atoms with Crippen LogP contribution in [0, 0.1) is 5.92 Å². The van der Waals surface area contributed by atoms with Crippen LogP contribution in [-0.2, 0) is 9.59 Å². The first-order valence-corrected chi connectivity index (χ1v) is 11.9. The van der Waals surface area contributed by atoms with Crippen molar-refractivity contribution in [1.29, 1.82) is 0 Å². The molecule has 2 aliphatic heterocycles. The Morgan fingerprint density at radius 3 is 2.00 bits per heavy atom. The molecule has 5 heteroatoms. The van der Waals surface area contributed by atoms with Crippen LogP contribution in [0.15, 0.2) is 65.6 Å². The Kier molecular flexibility index (Phi) is 7.11. The maximum atomic E-state index is 13.5. The summed E-state index contributed by atoms with van der Waals surface area (Å²) < 4.78 is 0. The lowest BCUT2D eigenvalue weighted by Crippen LogP contribution is -2.46. The van der Waals surface area contributed by atoms with Crippen LogP contribution in [0.4, 0.5) is 0 Å². The van der Waals surface area contributed by atoms with Crippen LogP contribution in [0.3, 0.4) is 0 Å². The number of carbonyl (C=O) groups excluding carboxylic acids is 2. The van der Waals surface area contributed by atoms with Crippen molar-refractivity contribution >= 4 is 23.6 Å². The molecule has 2 amide bonds. The van der Waals surface area contributed by atoms with Crippen molar-refractivity contribution in [2.45, 2.75) is 42.2 Å². The van der Waals surface area contributed by atoms with E-state index in [1.54, 1.807) is 11.8 Å². The number of thioether (sulfide) groups is 1. The highest BCUT2D eigenvalue weighted by Gasteiger charge is 2.33. The molecule has 30 heavy (non-hydrogen) atoms. The number of amides is 2. The predicted octanol–water partition coefficient (Wildman–Crippen LogP) is 4.77. The summed E-state index contributed by atoms with van der Waals surface area (Å²) in [6.45, 7) is 3.15. The molecule has 0 spiro atoms. The van der Waals surface area contributed by atoms with Gasteiger partial charge in [-0.2, -0.15) is 0 Å². The van der Waals surface area contributed by atoms with Gasteiger partial charge in [0.25, 0.3) is 0 Å². The summed E-state index contributed by atoms with van der Waals surface area (Å²) in [6, 6.07) is 20.1. The molecule has 4 rings (SSSR count). The second-order valence-electron chi connectivity index (χ2n) is 8.21. The molecule has 1 unspecified atom stereocenters. The molecule has 2 aliphatic rings. The molecule has 2 aromatic carbocycles. The molecule has 0 radical (unpaired) electrons. The lowest BCUT2D eigenvalue weighted by Gasteiger charge is -2.36. The highest BCUT2D eigenvalue weighted by atomic mass is 32.2. The molecule has 0 aromatic heterocycles. The minimum atomic E-state index is -0.261. The molecule has 0 saturated carbocycles. The standard InChI is InChI=1S/C25H30N2O2S/c28-24(26-16-8-3-9-17-26)21-14-18-27(19-15-21)25(29)23(20-10-4-1-5-11-20)30-22-12-6-2-7-13-22/h1-2,4-7,10-13,21,23H,3,8-9,14-19H2. The third-order valence-electron chi connectivity index (χ3n) is 6.15. The zero-order valence-corrected chi connectivity index (χ0v) is 18.2. The molecule has 2 fully saturated rings.